The maximum absolute atomic E-state index is 5.42. The van der Waals surface area contributed by atoms with Gasteiger partial charge in [0.05, 0.1) is 0 Å². The Morgan fingerprint density at radius 2 is 1.67 bits per heavy atom. The van der Waals surface area contributed by atoms with Crippen LogP contribution in [0.3, 0.4) is 0 Å². The normalized spacial score (nSPS) is 12.1. The summed E-state index contributed by atoms with van der Waals surface area (Å²) in [7, 11) is 0. The molecule has 3 heteroatoms. The first-order valence-corrected chi connectivity index (χ1v) is 4.75. The second-order valence-electron chi connectivity index (χ2n) is 3.18. The smallest absolute Gasteiger partial charge is 0.166 e. The van der Waals surface area contributed by atoms with Crippen LogP contribution >= 0.6 is 12.2 Å². The molecule has 0 aliphatic rings. The molecule has 2 nitrogen and oxygen atoms in total. The predicted molar refractivity (Wildman–Crippen MR) is 54.5 cm³/mol. The van der Waals surface area contributed by atoms with E-state index in [1.807, 2.05) is 27.7 Å². The van der Waals surface area contributed by atoms with Crippen molar-refractivity contribution in [1.82, 2.24) is 0 Å². The molecule has 0 aromatic heterocycles. The molecule has 0 fully saturated rings. The van der Waals surface area contributed by atoms with Gasteiger partial charge in [0, 0.05) is 18.6 Å². The van der Waals surface area contributed by atoms with Gasteiger partial charge < -0.3 is 9.47 Å². The Morgan fingerprint density at radius 3 is 1.92 bits per heavy atom. The van der Waals surface area contributed by atoms with Crippen LogP contribution < -0.4 is 0 Å². The summed E-state index contributed by atoms with van der Waals surface area (Å²) in [5.74, 6) is 0. The van der Waals surface area contributed by atoms with Crippen LogP contribution in [0.1, 0.15) is 27.7 Å². The molecule has 0 N–H and O–H groups in total. The van der Waals surface area contributed by atoms with Crippen molar-refractivity contribution in [2.24, 2.45) is 5.41 Å². The molecular formula is C9H18O2S. The molecule has 0 saturated carbocycles. The lowest BCUT2D eigenvalue weighted by atomic mass is 9.96. The Balaban J connectivity index is 4.16. The highest BCUT2D eigenvalue weighted by molar-refractivity contribution is 7.79. The maximum atomic E-state index is 5.42. The number of rotatable bonds is 6. The minimum absolute atomic E-state index is 0.193. The van der Waals surface area contributed by atoms with Crippen molar-refractivity contribution < 1.29 is 9.47 Å². The molecule has 0 saturated heterocycles. The lowest BCUT2D eigenvalue weighted by Crippen LogP contribution is -2.35. The zero-order chi connectivity index (χ0) is 9.61. The third-order valence-electron chi connectivity index (χ3n) is 1.55. The van der Waals surface area contributed by atoms with E-state index in [2.05, 4.69) is 0 Å². The van der Waals surface area contributed by atoms with Gasteiger partial charge in [-0.05, 0) is 19.2 Å². The van der Waals surface area contributed by atoms with Gasteiger partial charge in [-0.15, -0.1) is 0 Å². The van der Waals surface area contributed by atoms with Crippen molar-refractivity contribution in [3.8, 4) is 0 Å². The molecule has 0 aliphatic carbocycles. The van der Waals surface area contributed by atoms with E-state index in [-0.39, 0.29) is 11.7 Å². The van der Waals surface area contributed by atoms with Crippen LogP contribution in [0, 0.1) is 5.41 Å². The predicted octanol–water partition coefficient (Wildman–Crippen LogP) is 2.41. The molecule has 0 radical (unpaired) electrons. The van der Waals surface area contributed by atoms with Crippen LogP contribution in [-0.4, -0.2) is 24.9 Å². The van der Waals surface area contributed by atoms with E-state index in [4.69, 9.17) is 21.7 Å². The van der Waals surface area contributed by atoms with Crippen molar-refractivity contribution in [3.05, 3.63) is 0 Å². The largest absolute Gasteiger partial charge is 0.352 e. The molecule has 0 amide bonds. The topological polar surface area (TPSA) is 18.5 Å². The maximum Gasteiger partial charge on any atom is 0.166 e. The van der Waals surface area contributed by atoms with E-state index in [9.17, 15) is 0 Å². The van der Waals surface area contributed by atoms with Gasteiger partial charge in [0.2, 0.25) is 0 Å². The fraction of sp³-hybridized carbons (Fsp3) is 0.889. The fourth-order valence-corrected chi connectivity index (χ4v) is 0.947. The van der Waals surface area contributed by atoms with Crippen LogP contribution in [0.2, 0.25) is 0 Å². The molecule has 0 aromatic rings. The summed E-state index contributed by atoms with van der Waals surface area (Å²) in [5, 5.41) is 1.70. The first-order valence-electron chi connectivity index (χ1n) is 4.28. The van der Waals surface area contributed by atoms with Crippen LogP contribution in [0.4, 0.5) is 0 Å². The zero-order valence-electron chi connectivity index (χ0n) is 8.29. The minimum Gasteiger partial charge on any atom is -0.352 e. The average molecular weight is 190 g/mol. The summed E-state index contributed by atoms with van der Waals surface area (Å²) in [6.45, 7) is 9.22. The van der Waals surface area contributed by atoms with E-state index in [1.54, 1.807) is 5.37 Å². The second-order valence-corrected chi connectivity index (χ2v) is 3.42. The Morgan fingerprint density at radius 1 is 1.25 bits per heavy atom. The van der Waals surface area contributed by atoms with Crippen LogP contribution in [-0.2, 0) is 9.47 Å². The summed E-state index contributed by atoms with van der Waals surface area (Å²) in [6.07, 6.45) is -0.218. The van der Waals surface area contributed by atoms with Crippen LogP contribution in [0.5, 0.6) is 0 Å². The SMILES string of the molecule is CCOC(OCC)C(C)(C)C=S. The van der Waals surface area contributed by atoms with E-state index >= 15 is 0 Å². The fourth-order valence-electron chi connectivity index (χ4n) is 0.836. The summed E-state index contributed by atoms with van der Waals surface area (Å²) in [6, 6.07) is 0. The monoisotopic (exact) mass is 190 g/mol. The molecule has 0 unspecified atom stereocenters. The van der Waals surface area contributed by atoms with Crippen LogP contribution in [0.25, 0.3) is 0 Å². The average Bonchev–Trinajstić information content (AvgIpc) is 2.04. The minimum atomic E-state index is -0.218. The molecule has 12 heavy (non-hydrogen) atoms. The van der Waals surface area contributed by atoms with Gasteiger partial charge in [-0.2, -0.15) is 0 Å². The molecule has 0 bridgehead atoms. The van der Waals surface area contributed by atoms with Crippen molar-refractivity contribution in [1.29, 1.82) is 0 Å². The van der Waals surface area contributed by atoms with Crippen molar-refractivity contribution in [2.75, 3.05) is 13.2 Å². The van der Waals surface area contributed by atoms with Crippen molar-refractivity contribution in [3.63, 3.8) is 0 Å². The molecular weight excluding hydrogens is 172 g/mol. The summed E-state index contributed by atoms with van der Waals surface area (Å²) >= 11 is 4.91. The lowest BCUT2D eigenvalue weighted by molar-refractivity contribution is -0.173. The Kier molecular flexibility index (Phi) is 5.63. The molecule has 0 aromatic carbocycles. The van der Waals surface area contributed by atoms with Crippen molar-refractivity contribution in [2.45, 2.75) is 34.0 Å². The molecule has 0 atom stereocenters. The second kappa shape index (κ2) is 5.62. The van der Waals surface area contributed by atoms with E-state index in [1.165, 1.54) is 0 Å². The van der Waals surface area contributed by atoms with Gasteiger partial charge in [-0.25, -0.2) is 0 Å². The van der Waals surface area contributed by atoms with E-state index in [0.717, 1.165) is 0 Å². The quantitative estimate of drug-likeness (QED) is 0.473. The van der Waals surface area contributed by atoms with E-state index < -0.39 is 0 Å². The molecule has 0 rings (SSSR count). The Hall–Kier alpha value is 0.01000. The van der Waals surface area contributed by atoms with Gasteiger partial charge in [0.1, 0.15) is 0 Å². The summed E-state index contributed by atoms with van der Waals surface area (Å²) in [5.41, 5.74) is -0.193. The molecule has 0 spiro atoms. The van der Waals surface area contributed by atoms with Crippen LogP contribution in [0.15, 0.2) is 0 Å². The molecule has 72 valence electrons. The highest BCUT2D eigenvalue weighted by Gasteiger charge is 2.28. The Bertz CT molecular complexity index is 128. The van der Waals surface area contributed by atoms with Gasteiger partial charge >= 0.3 is 0 Å². The van der Waals surface area contributed by atoms with Gasteiger partial charge in [0.15, 0.2) is 6.29 Å². The molecule has 0 heterocycles. The summed E-state index contributed by atoms with van der Waals surface area (Å²) in [4.78, 5) is 0. The number of hydrogen-bond acceptors (Lipinski definition) is 3. The zero-order valence-corrected chi connectivity index (χ0v) is 9.11. The third kappa shape index (κ3) is 3.61. The summed E-state index contributed by atoms with van der Waals surface area (Å²) < 4.78 is 10.8. The number of hydrogen-bond donors (Lipinski definition) is 0. The van der Waals surface area contributed by atoms with Crippen molar-refractivity contribution >= 4 is 17.6 Å². The van der Waals surface area contributed by atoms with Gasteiger partial charge in [-0.1, -0.05) is 26.1 Å². The highest BCUT2D eigenvalue weighted by atomic mass is 32.1. The number of thiocarbonyl (C=S) groups is 1. The number of ether oxygens (including phenoxy) is 2. The molecule has 0 aliphatic heterocycles. The first-order chi connectivity index (χ1) is 5.58. The standard InChI is InChI=1S/C9H18O2S/c1-5-10-8(11-6-2)9(3,4)7-12/h7-8H,5-6H2,1-4H3. The van der Waals surface area contributed by atoms with E-state index in [0.29, 0.717) is 13.2 Å². The highest BCUT2D eigenvalue weighted by Crippen LogP contribution is 2.22. The third-order valence-corrected chi connectivity index (χ3v) is 2.15. The van der Waals surface area contributed by atoms with Gasteiger partial charge in [-0.3, -0.25) is 0 Å². The first kappa shape index (κ1) is 12.0. The van der Waals surface area contributed by atoms with Gasteiger partial charge in [0.25, 0.3) is 0 Å². The lowest BCUT2D eigenvalue weighted by Gasteiger charge is -2.29. The Labute approximate surface area is 80.2 Å².